The topological polar surface area (TPSA) is 49.4 Å². The van der Waals surface area contributed by atoms with Crippen molar-refractivity contribution in [2.45, 2.75) is 39.7 Å². The number of nitrogens with zero attached hydrogens (tertiary/aromatic N) is 1. The molecule has 21 heavy (non-hydrogen) atoms. The number of carbonyl (C=O) groups is 2. The summed E-state index contributed by atoms with van der Waals surface area (Å²) in [5, 5.41) is 2.92. The molecule has 4 nitrogen and oxygen atoms in total. The van der Waals surface area contributed by atoms with E-state index in [0.717, 1.165) is 31.5 Å². The summed E-state index contributed by atoms with van der Waals surface area (Å²) >= 11 is 0. The van der Waals surface area contributed by atoms with Gasteiger partial charge in [0, 0.05) is 18.5 Å². The van der Waals surface area contributed by atoms with Crippen LogP contribution in [0.25, 0.3) is 0 Å². The minimum Gasteiger partial charge on any atom is -0.341 e. The Hall–Kier alpha value is -1.84. The van der Waals surface area contributed by atoms with Gasteiger partial charge in [-0.25, -0.2) is 0 Å². The minimum atomic E-state index is -0.587. The predicted octanol–water partition coefficient (Wildman–Crippen LogP) is 2.51. The van der Waals surface area contributed by atoms with Crippen LogP contribution in [0.15, 0.2) is 30.3 Å². The maximum atomic E-state index is 12.7. The average Bonchev–Trinajstić information content (AvgIpc) is 2.97. The maximum Gasteiger partial charge on any atom is 0.249 e. The van der Waals surface area contributed by atoms with Gasteiger partial charge in [-0.3, -0.25) is 9.59 Å². The smallest absolute Gasteiger partial charge is 0.249 e. The number of hydrogen-bond donors (Lipinski definition) is 1. The quantitative estimate of drug-likeness (QED) is 0.929. The Morgan fingerprint density at radius 1 is 1.10 bits per heavy atom. The molecule has 1 heterocycles. The Kier molecular flexibility index (Phi) is 4.66. The molecule has 1 aromatic rings. The first-order chi connectivity index (χ1) is 9.89. The summed E-state index contributed by atoms with van der Waals surface area (Å²) in [6, 6.07) is 8.89. The SMILES string of the molecule is CC(C)(C)C(=O)N[C@H](C(=O)N1CCCC1)c1ccccc1. The molecule has 1 saturated heterocycles. The molecule has 0 saturated carbocycles. The van der Waals surface area contributed by atoms with E-state index in [-0.39, 0.29) is 11.8 Å². The van der Waals surface area contributed by atoms with Gasteiger partial charge in [0.25, 0.3) is 0 Å². The van der Waals surface area contributed by atoms with Gasteiger partial charge in [-0.15, -0.1) is 0 Å². The minimum absolute atomic E-state index is 0.00343. The third-order valence-corrected chi connectivity index (χ3v) is 3.75. The molecule has 1 atom stereocenters. The molecule has 0 spiro atoms. The Morgan fingerprint density at radius 3 is 2.19 bits per heavy atom. The lowest BCUT2D eigenvalue weighted by atomic mass is 9.94. The Bertz CT molecular complexity index is 499. The zero-order valence-electron chi connectivity index (χ0n) is 13.1. The lowest BCUT2D eigenvalue weighted by Gasteiger charge is -2.27. The standard InChI is InChI=1S/C17H24N2O2/c1-17(2,3)16(21)18-14(13-9-5-4-6-10-13)15(20)19-11-7-8-12-19/h4-6,9-10,14H,7-8,11-12H2,1-3H3,(H,18,21)/t14-/m0/s1. The van der Waals surface area contributed by atoms with Crippen LogP contribution >= 0.6 is 0 Å². The Morgan fingerprint density at radius 2 is 1.67 bits per heavy atom. The summed E-state index contributed by atoms with van der Waals surface area (Å²) in [5.74, 6) is -0.111. The van der Waals surface area contributed by atoms with Crippen molar-refractivity contribution >= 4 is 11.8 Å². The fraction of sp³-hybridized carbons (Fsp3) is 0.529. The highest BCUT2D eigenvalue weighted by molar-refractivity contribution is 5.90. The first-order valence-corrected chi connectivity index (χ1v) is 7.54. The van der Waals surface area contributed by atoms with Crippen molar-refractivity contribution in [1.29, 1.82) is 0 Å². The molecule has 1 aliphatic rings. The lowest BCUT2D eigenvalue weighted by Crippen LogP contribution is -2.45. The van der Waals surface area contributed by atoms with Crippen LogP contribution in [0.2, 0.25) is 0 Å². The second-order valence-electron chi connectivity index (χ2n) is 6.60. The number of benzene rings is 1. The van der Waals surface area contributed by atoms with E-state index in [1.54, 1.807) is 0 Å². The second kappa shape index (κ2) is 6.29. The molecule has 0 aromatic heterocycles. The molecule has 1 aromatic carbocycles. The van der Waals surface area contributed by atoms with Crippen molar-refractivity contribution in [3.63, 3.8) is 0 Å². The van der Waals surface area contributed by atoms with Gasteiger partial charge in [0.2, 0.25) is 11.8 Å². The molecule has 2 amide bonds. The van der Waals surface area contributed by atoms with Crippen LogP contribution in [0.4, 0.5) is 0 Å². The predicted molar refractivity (Wildman–Crippen MR) is 82.6 cm³/mol. The largest absolute Gasteiger partial charge is 0.341 e. The van der Waals surface area contributed by atoms with Crippen molar-refractivity contribution in [2.24, 2.45) is 5.41 Å². The van der Waals surface area contributed by atoms with E-state index >= 15 is 0 Å². The summed E-state index contributed by atoms with van der Waals surface area (Å²) in [6.45, 7) is 7.13. The molecule has 0 bridgehead atoms. The van der Waals surface area contributed by atoms with E-state index in [2.05, 4.69) is 5.32 Å². The highest BCUT2D eigenvalue weighted by Gasteiger charge is 2.32. The van der Waals surface area contributed by atoms with Gasteiger partial charge in [0.1, 0.15) is 6.04 Å². The third-order valence-electron chi connectivity index (χ3n) is 3.75. The van der Waals surface area contributed by atoms with Crippen LogP contribution in [0.3, 0.4) is 0 Å². The van der Waals surface area contributed by atoms with E-state index in [0.29, 0.717) is 0 Å². The molecule has 0 unspecified atom stereocenters. The second-order valence-corrected chi connectivity index (χ2v) is 6.60. The van der Waals surface area contributed by atoms with Crippen LogP contribution in [-0.4, -0.2) is 29.8 Å². The molecule has 0 aliphatic carbocycles. The van der Waals surface area contributed by atoms with Crippen molar-refractivity contribution < 1.29 is 9.59 Å². The molecular formula is C17H24N2O2. The van der Waals surface area contributed by atoms with Gasteiger partial charge in [-0.05, 0) is 18.4 Å². The summed E-state index contributed by atoms with van der Waals surface area (Å²) in [4.78, 5) is 26.9. The molecule has 114 valence electrons. The zero-order chi connectivity index (χ0) is 15.5. The van der Waals surface area contributed by atoms with Gasteiger partial charge in [-0.2, -0.15) is 0 Å². The van der Waals surface area contributed by atoms with Gasteiger partial charge < -0.3 is 10.2 Å². The average molecular weight is 288 g/mol. The fourth-order valence-electron chi connectivity index (χ4n) is 2.40. The zero-order valence-corrected chi connectivity index (χ0v) is 13.1. The number of likely N-dealkylation sites (tertiary alicyclic amines) is 1. The number of nitrogens with one attached hydrogen (secondary N) is 1. The molecule has 0 radical (unpaired) electrons. The molecule has 1 aliphatic heterocycles. The molecule has 2 rings (SSSR count). The van der Waals surface area contributed by atoms with Crippen LogP contribution in [0, 0.1) is 5.41 Å². The van der Waals surface area contributed by atoms with Crippen molar-refractivity contribution in [3.05, 3.63) is 35.9 Å². The van der Waals surface area contributed by atoms with Crippen molar-refractivity contribution in [2.75, 3.05) is 13.1 Å². The van der Waals surface area contributed by atoms with Crippen LogP contribution in [-0.2, 0) is 9.59 Å². The normalized spacial score (nSPS) is 16.6. The first kappa shape index (κ1) is 15.5. The number of rotatable bonds is 3. The van der Waals surface area contributed by atoms with E-state index in [1.807, 2.05) is 56.0 Å². The number of hydrogen-bond acceptors (Lipinski definition) is 2. The van der Waals surface area contributed by atoms with Gasteiger partial charge in [0.15, 0.2) is 0 Å². The molecule has 1 N–H and O–H groups in total. The summed E-state index contributed by atoms with van der Waals surface area (Å²) in [7, 11) is 0. The summed E-state index contributed by atoms with van der Waals surface area (Å²) in [5.41, 5.74) is 0.324. The summed E-state index contributed by atoms with van der Waals surface area (Å²) < 4.78 is 0. The third kappa shape index (κ3) is 3.84. The number of carbonyl (C=O) groups excluding carboxylic acids is 2. The maximum absolute atomic E-state index is 12.7. The first-order valence-electron chi connectivity index (χ1n) is 7.54. The molecule has 4 heteroatoms. The van der Waals surface area contributed by atoms with E-state index < -0.39 is 11.5 Å². The monoisotopic (exact) mass is 288 g/mol. The van der Waals surface area contributed by atoms with Crippen LogP contribution < -0.4 is 5.32 Å². The molecule has 1 fully saturated rings. The highest BCUT2D eigenvalue weighted by Crippen LogP contribution is 2.22. The van der Waals surface area contributed by atoms with Crippen molar-refractivity contribution in [1.82, 2.24) is 10.2 Å². The highest BCUT2D eigenvalue weighted by atomic mass is 16.2. The van der Waals surface area contributed by atoms with E-state index in [4.69, 9.17) is 0 Å². The van der Waals surface area contributed by atoms with Crippen LogP contribution in [0.1, 0.15) is 45.2 Å². The van der Waals surface area contributed by atoms with E-state index in [9.17, 15) is 9.59 Å². The number of amides is 2. The van der Waals surface area contributed by atoms with Crippen molar-refractivity contribution in [3.8, 4) is 0 Å². The van der Waals surface area contributed by atoms with E-state index in [1.165, 1.54) is 0 Å². The Balaban J connectivity index is 2.22. The van der Waals surface area contributed by atoms with Gasteiger partial charge >= 0.3 is 0 Å². The van der Waals surface area contributed by atoms with Crippen LogP contribution in [0.5, 0.6) is 0 Å². The van der Waals surface area contributed by atoms with Gasteiger partial charge in [0.05, 0.1) is 0 Å². The molecular weight excluding hydrogens is 264 g/mol. The summed E-state index contributed by atoms with van der Waals surface area (Å²) in [6.07, 6.45) is 2.08. The lowest BCUT2D eigenvalue weighted by molar-refractivity contribution is -0.138. The van der Waals surface area contributed by atoms with Gasteiger partial charge in [-0.1, -0.05) is 51.1 Å². The fourth-order valence-corrected chi connectivity index (χ4v) is 2.40. The Labute approximate surface area is 126 Å².